The van der Waals surface area contributed by atoms with E-state index < -0.39 is 34.7 Å². The van der Waals surface area contributed by atoms with Crippen LogP contribution in [0.2, 0.25) is 0 Å². The fourth-order valence-corrected chi connectivity index (χ4v) is 3.63. The molecule has 0 spiro atoms. The number of nitro benzene ring substituents is 1. The maximum Gasteiger partial charge on any atom is 0.329 e. The molecule has 2 atom stereocenters. The van der Waals surface area contributed by atoms with Crippen LogP contribution in [0.3, 0.4) is 0 Å². The van der Waals surface area contributed by atoms with E-state index in [2.05, 4.69) is 5.32 Å². The first-order valence-electron chi connectivity index (χ1n) is 10.0. The van der Waals surface area contributed by atoms with Gasteiger partial charge in [-0.2, -0.15) is 0 Å². The quantitative estimate of drug-likeness (QED) is 0.317. The Kier molecular flexibility index (Phi) is 7.34. The Bertz CT molecular complexity index is 1190. The second kappa shape index (κ2) is 10.4. The van der Waals surface area contributed by atoms with E-state index in [-0.39, 0.29) is 12.1 Å². The lowest BCUT2D eigenvalue weighted by atomic mass is 9.87. The predicted octanol–water partition coefficient (Wildman–Crippen LogP) is 3.37. The summed E-state index contributed by atoms with van der Waals surface area (Å²) >= 11 is 0. The smallest absolute Gasteiger partial charge is 0.329 e. The molecule has 3 aromatic rings. The SMILES string of the molecule is COC(=O)C[C@@H](c1ccc([N+](=O)[O-])cc1)[C@H](NC(=O)c1cccc2ccccc12)C(=O)OC. The van der Waals surface area contributed by atoms with Crippen molar-refractivity contribution in [3.63, 3.8) is 0 Å². The van der Waals surface area contributed by atoms with Crippen molar-refractivity contribution in [2.45, 2.75) is 18.4 Å². The van der Waals surface area contributed by atoms with Crippen LogP contribution in [-0.2, 0) is 19.1 Å². The van der Waals surface area contributed by atoms with Crippen molar-refractivity contribution in [2.24, 2.45) is 0 Å². The fourth-order valence-electron chi connectivity index (χ4n) is 3.63. The molecule has 0 saturated heterocycles. The average Bonchev–Trinajstić information content (AvgIpc) is 2.84. The van der Waals surface area contributed by atoms with Gasteiger partial charge >= 0.3 is 11.9 Å². The van der Waals surface area contributed by atoms with Crippen molar-refractivity contribution in [1.82, 2.24) is 5.32 Å². The molecule has 1 N–H and O–H groups in total. The van der Waals surface area contributed by atoms with Crippen molar-refractivity contribution in [2.75, 3.05) is 14.2 Å². The summed E-state index contributed by atoms with van der Waals surface area (Å²) in [6, 6.07) is 16.7. The van der Waals surface area contributed by atoms with Gasteiger partial charge in [0, 0.05) is 23.6 Å². The summed E-state index contributed by atoms with van der Waals surface area (Å²) in [5.41, 5.74) is 0.632. The number of carbonyl (C=O) groups excluding carboxylic acids is 3. The standard InChI is InChI=1S/C24H22N2O7/c1-32-21(27)14-20(16-10-12-17(13-11-16)26(30)31)22(24(29)33-2)25-23(28)19-9-5-7-15-6-3-4-8-18(15)19/h3-13,20,22H,14H2,1-2H3,(H,25,28)/t20-,22-/m0/s1. The largest absolute Gasteiger partial charge is 0.469 e. The zero-order valence-electron chi connectivity index (χ0n) is 18.0. The fraction of sp³-hybridized carbons (Fsp3) is 0.208. The van der Waals surface area contributed by atoms with Crippen LogP contribution in [0.5, 0.6) is 0 Å². The molecule has 1 amide bonds. The topological polar surface area (TPSA) is 125 Å². The Morgan fingerprint density at radius 2 is 1.61 bits per heavy atom. The van der Waals surface area contributed by atoms with E-state index in [4.69, 9.17) is 9.47 Å². The Morgan fingerprint density at radius 1 is 0.939 bits per heavy atom. The molecule has 0 bridgehead atoms. The molecule has 0 fully saturated rings. The van der Waals surface area contributed by atoms with Gasteiger partial charge in [0.05, 0.1) is 25.6 Å². The first kappa shape index (κ1) is 23.4. The van der Waals surface area contributed by atoms with Crippen LogP contribution < -0.4 is 5.32 Å². The molecular weight excluding hydrogens is 428 g/mol. The van der Waals surface area contributed by atoms with Gasteiger partial charge in [-0.05, 0) is 22.4 Å². The highest BCUT2D eigenvalue weighted by atomic mass is 16.6. The molecule has 0 aliphatic rings. The summed E-state index contributed by atoms with van der Waals surface area (Å²) < 4.78 is 9.67. The summed E-state index contributed by atoms with van der Waals surface area (Å²) in [5, 5.41) is 15.2. The van der Waals surface area contributed by atoms with Crippen LogP contribution in [0.25, 0.3) is 10.8 Å². The minimum Gasteiger partial charge on any atom is -0.469 e. The van der Waals surface area contributed by atoms with E-state index in [0.29, 0.717) is 16.5 Å². The van der Waals surface area contributed by atoms with E-state index in [0.717, 1.165) is 5.39 Å². The molecule has 0 radical (unpaired) electrons. The van der Waals surface area contributed by atoms with Crippen LogP contribution >= 0.6 is 0 Å². The monoisotopic (exact) mass is 450 g/mol. The van der Waals surface area contributed by atoms with Crippen LogP contribution in [0.1, 0.15) is 28.3 Å². The second-order valence-electron chi connectivity index (χ2n) is 7.24. The zero-order valence-corrected chi connectivity index (χ0v) is 18.0. The van der Waals surface area contributed by atoms with Crippen molar-refractivity contribution in [3.8, 4) is 0 Å². The normalized spacial score (nSPS) is 12.4. The number of rotatable bonds is 8. The van der Waals surface area contributed by atoms with E-state index >= 15 is 0 Å². The average molecular weight is 450 g/mol. The molecule has 0 aliphatic heterocycles. The number of nitrogens with one attached hydrogen (secondary N) is 1. The number of esters is 2. The number of nitrogens with zero attached hydrogens (tertiary/aromatic N) is 1. The predicted molar refractivity (Wildman–Crippen MR) is 120 cm³/mol. The lowest BCUT2D eigenvalue weighted by molar-refractivity contribution is -0.384. The first-order valence-corrected chi connectivity index (χ1v) is 10.0. The van der Waals surface area contributed by atoms with E-state index in [1.807, 2.05) is 18.2 Å². The van der Waals surface area contributed by atoms with Gasteiger partial charge in [0.25, 0.3) is 11.6 Å². The van der Waals surface area contributed by atoms with E-state index in [1.54, 1.807) is 24.3 Å². The minimum atomic E-state index is -1.25. The lowest BCUT2D eigenvalue weighted by Gasteiger charge is -2.26. The number of fused-ring (bicyclic) bond motifs is 1. The van der Waals surface area contributed by atoms with Gasteiger partial charge in [-0.15, -0.1) is 0 Å². The summed E-state index contributed by atoms with van der Waals surface area (Å²) in [6.45, 7) is 0. The third kappa shape index (κ3) is 5.32. The summed E-state index contributed by atoms with van der Waals surface area (Å²) in [6.07, 6.45) is -0.260. The van der Waals surface area contributed by atoms with Gasteiger partial charge in [-0.25, -0.2) is 4.79 Å². The number of benzene rings is 3. The summed E-state index contributed by atoms with van der Waals surface area (Å²) in [7, 11) is 2.38. The summed E-state index contributed by atoms with van der Waals surface area (Å²) in [5.74, 6) is -2.80. The number of non-ortho nitro benzene ring substituents is 1. The molecule has 3 aromatic carbocycles. The van der Waals surface area contributed by atoms with Crippen LogP contribution in [0.15, 0.2) is 66.7 Å². The highest BCUT2D eigenvalue weighted by Crippen LogP contribution is 2.28. The van der Waals surface area contributed by atoms with Crippen LogP contribution in [0.4, 0.5) is 5.69 Å². The molecule has 170 valence electrons. The van der Waals surface area contributed by atoms with E-state index in [1.165, 1.54) is 38.5 Å². The van der Waals surface area contributed by atoms with Gasteiger partial charge in [0.2, 0.25) is 0 Å². The Labute approximate surface area is 189 Å². The molecule has 9 nitrogen and oxygen atoms in total. The first-order chi connectivity index (χ1) is 15.8. The van der Waals surface area contributed by atoms with Crippen molar-refractivity contribution >= 4 is 34.3 Å². The highest BCUT2D eigenvalue weighted by Gasteiger charge is 2.34. The zero-order chi connectivity index (χ0) is 24.0. The lowest BCUT2D eigenvalue weighted by Crippen LogP contribution is -2.46. The van der Waals surface area contributed by atoms with E-state index in [9.17, 15) is 24.5 Å². The number of carbonyl (C=O) groups is 3. The Balaban J connectivity index is 2.00. The summed E-state index contributed by atoms with van der Waals surface area (Å²) in [4.78, 5) is 48.5. The van der Waals surface area contributed by atoms with Gasteiger partial charge < -0.3 is 14.8 Å². The third-order valence-corrected chi connectivity index (χ3v) is 5.32. The van der Waals surface area contributed by atoms with Gasteiger partial charge in [0.1, 0.15) is 6.04 Å². The molecule has 9 heteroatoms. The number of nitro groups is 1. The number of hydrogen-bond acceptors (Lipinski definition) is 7. The third-order valence-electron chi connectivity index (χ3n) is 5.32. The van der Waals surface area contributed by atoms with Crippen LogP contribution in [-0.4, -0.2) is 43.0 Å². The Morgan fingerprint density at radius 3 is 2.24 bits per heavy atom. The number of amides is 1. The molecule has 0 saturated carbocycles. The highest BCUT2D eigenvalue weighted by molar-refractivity contribution is 6.08. The van der Waals surface area contributed by atoms with Crippen LogP contribution in [0, 0.1) is 10.1 Å². The second-order valence-corrected chi connectivity index (χ2v) is 7.24. The molecule has 3 rings (SSSR count). The van der Waals surface area contributed by atoms with Gasteiger partial charge in [-0.3, -0.25) is 19.7 Å². The number of methoxy groups -OCH3 is 2. The molecule has 0 heterocycles. The molecule has 33 heavy (non-hydrogen) atoms. The molecular formula is C24H22N2O7. The minimum absolute atomic E-state index is 0.148. The van der Waals surface area contributed by atoms with Gasteiger partial charge in [-0.1, -0.05) is 48.5 Å². The van der Waals surface area contributed by atoms with Crippen molar-refractivity contribution in [1.29, 1.82) is 0 Å². The van der Waals surface area contributed by atoms with Crippen molar-refractivity contribution < 1.29 is 28.8 Å². The maximum atomic E-state index is 13.2. The molecule has 0 unspecified atom stereocenters. The number of ether oxygens (including phenoxy) is 2. The number of hydrogen-bond donors (Lipinski definition) is 1. The molecule has 0 aromatic heterocycles. The maximum absolute atomic E-state index is 13.2. The Hall–Kier alpha value is -4.27. The van der Waals surface area contributed by atoms with Crippen molar-refractivity contribution in [3.05, 3.63) is 88.0 Å². The van der Waals surface area contributed by atoms with Gasteiger partial charge in [0.15, 0.2) is 0 Å². The molecule has 0 aliphatic carbocycles.